The molecule has 1 fully saturated rings. The zero-order valence-electron chi connectivity index (χ0n) is 22.0. The molecule has 36 heavy (non-hydrogen) atoms. The predicted octanol–water partition coefficient (Wildman–Crippen LogP) is 4.11. The molecule has 11 nitrogen and oxygen atoms in total. The number of carbonyl (C=O) groups is 3. The van der Waals surface area contributed by atoms with Gasteiger partial charge in [-0.25, -0.2) is 4.79 Å². The Hall–Kier alpha value is -3.21. The molecule has 0 heterocycles. The normalized spacial score (nSPS) is 18.8. The smallest absolute Gasteiger partial charge is 0.493 e. The van der Waals surface area contributed by atoms with Crippen molar-refractivity contribution in [3.05, 3.63) is 27.8 Å². The number of nitrogens with zero attached hydrogens (tertiary/aromatic N) is 2. The van der Waals surface area contributed by atoms with Crippen LogP contribution in [0.5, 0.6) is 11.5 Å². The summed E-state index contributed by atoms with van der Waals surface area (Å²) >= 11 is 0. The van der Waals surface area contributed by atoms with Crippen molar-refractivity contribution in [3.8, 4) is 11.5 Å². The van der Waals surface area contributed by atoms with Crippen LogP contribution in [-0.4, -0.2) is 67.5 Å². The first kappa shape index (κ1) is 29.0. The summed E-state index contributed by atoms with van der Waals surface area (Å²) in [6, 6.07) is 2.59. The standard InChI is InChI=1S/C25H36N2O9/c1-15-12-19(28)23(22(15)29)36-24(30)35-16(2)17-13-20(33-7)21(14-18(17)27(31)32)34-11-10-26(6)9-8-25(3,4)5/h13-16,23H,8-12H2,1-7H3. The van der Waals surface area contributed by atoms with Crippen molar-refractivity contribution in [2.75, 3.05) is 33.9 Å². The first-order valence-corrected chi connectivity index (χ1v) is 11.8. The number of ketones is 2. The van der Waals surface area contributed by atoms with E-state index in [1.807, 2.05) is 7.05 Å². The van der Waals surface area contributed by atoms with Gasteiger partial charge in [0.2, 0.25) is 6.10 Å². The fraction of sp³-hybridized carbons (Fsp3) is 0.640. The number of likely N-dealkylation sites (N-methyl/N-ethyl adjacent to an activating group) is 1. The van der Waals surface area contributed by atoms with Crippen molar-refractivity contribution in [2.24, 2.45) is 11.3 Å². The molecule has 1 aromatic carbocycles. The lowest BCUT2D eigenvalue weighted by Gasteiger charge is -2.23. The minimum absolute atomic E-state index is 0.0111. The lowest BCUT2D eigenvalue weighted by atomic mass is 9.92. The molecule has 3 atom stereocenters. The van der Waals surface area contributed by atoms with Gasteiger partial charge in [0.1, 0.15) is 12.7 Å². The van der Waals surface area contributed by atoms with Gasteiger partial charge < -0.3 is 23.8 Å². The van der Waals surface area contributed by atoms with Gasteiger partial charge in [-0.05, 0) is 38.4 Å². The number of nitro groups is 1. The largest absolute Gasteiger partial charge is 0.510 e. The van der Waals surface area contributed by atoms with Crippen LogP contribution in [0.2, 0.25) is 0 Å². The van der Waals surface area contributed by atoms with Gasteiger partial charge in [-0.15, -0.1) is 0 Å². The summed E-state index contributed by atoms with van der Waals surface area (Å²) in [4.78, 5) is 49.4. The SMILES string of the molecule is COc1cc(C(C)OC(=O)OC2C(=O)CC(C)C2=O)c([N+](=O)[O-])cc1OCCN(C)CCC(C)(C)C. The lowest BCUT2D eigenvalue weighted by Crippen LogP contribution is -2.30. The molecule has 3 unspecified atom stereocenters. The van der Waals surface area contributed by atoms with Crippen molar-refractivity contribution in [1.29, 1.82) is 0 Å². The van der Waals surface area contributed by atoms with Crippen LogP contribution in [0.15, 0.2) is 12.1 Å². The van der Waals surface area contributed by atoms with Crippen molar-refractivity contribution in [3.63, 3.8) is 0 Å². The lowest BCUT2D eigenvalue weighted by molar-refractivity contribution is -0.386. The third kappa shape index (κ3) is 7.91. The summed E-state index contributed by atoms with van der Waals surface area (Å²) in [5.41, 5.74) is -0.0877. The molecule has 0 amide bonds. The zero-order chi connectivity index (χ0) is 27.2. The molecule has 0 bridgehead atoms. The monoisotopic (exact) mass is 508 g/mol. The van der Waals surface area contributed by atoms with Gasteiger partial charge in [-0.1, -0.05) is 27.7 Å². The van der Waals surface area contributed by atoms with Crippen molar-refractivity contribution >= 4 is 23.4 Å². The highest BCUT2D eigenvalue weighted by Gasteiger charge is 2.42. The number of Topliss-reactive ketones (excluding diaryl/α,β-unsaturated/α-hetero) is 2. The molecular weight excluding hydrogens is 472 g/mol. The van der Waals surface area contributed by atoms with Crippen molar-refractivity contribution in [2.45, 2.75) is 59.7 Å². The van der Waals surface area contributed by atoms with Crippen molar-refractivity contribution in [1.82, 2.24) is 4.90 Å². The van der Waals surface area contributed by atoms with E-state index in [2.05, 4.69) is 25.7 Å². The molecule has 1 saturated carbocycles. The summed E-state index contributed by atoms with van der Waals surface area (Å²) in [5.74, 6) is -1.13. The van der Waals surface area contributed by atoms with Gasteiger partial charge in [0, 0.05) is 18.9 Å². The number of hydrogen-bond donors (Lipinski definition) is 0. The van der Waals surface area contributed by atoms with Crippen LogP contribution in [0, 0.1) is 21.4 Å². The second-order valence-electron chi connectivity index (χ2n) is 10.3. The Morgan fingerprint density at radius 2 is 1.89 bits per heavy atom. The Balaban J connectivity index is 2.10. The maximum Gasteiger partial charge on any atom is 0.510 e. The molecule has 200 valence electrons. The fourth-order valence-corrected chi connectivity index (χ4v) is 3.65. The quantitative estimate of drug-likeness (QED) is 0.186. The minimum Gasteiger partial charge on any atom is -0.493 e. The summed E-state index contributed by atoms with van der Waals surface area (Å²) in [6.07, 6.45) is -2.91. The average Bonchev–Trinajstić information content (AvgIpc) is 3.02. The topological polar surface area (TPSA) is 135 Å². The van der Waals surface area contributed by atoms with Crippen LogP contribution in [0.25, 0.3) is 0 Å². The van der Waals surface area contributed by atoms with E-state index >= 15 is 0 Å². The fourth-order valence-electron chi connectivity index (χ4n) is 3.65. The van der Waals surface area contributed by atoms with Gasteiger partial charge in [-0.3, -0.25) is 19.7 Å². The van der Waals surface area contributed by atoms with E-state index in [0.29, 0.717) is 6.54 Å². The highest BCUT2D eigenvalue weighted by molar-refractivity contribution is 6.13. The predicted molar refractivity (Wildman–Crippen MR) is 130 cm³/mol. The number of benzene rings is 1. The second-order valence-corrected chi connectivity index (χ2v) is 10.3. The number of methoxy groups -OCH3 is 1. The summed E-state index contributed by atoms with van der Waals surface area (Å²) in [7, 11) is 3.37. The zero-order valence-corrected chi connectivity index (χ0v) is 22.0. The van der Waals surface area contributed by atoms with Gasteiger partial charge in [0.15, 0.2) is 23.1 Å². The number of hydrogen-bond acceptors (Lipinski definition) is 10. The molecule has 0 saturated heterocycles. The Bertz CT molecular complexity index is 986. The van der Waals surface area contributed by atoms with E-state index in [9.17, 15) is 24.5 Å². The Morgan fingerprint density at radius 3 is 2.42 bits per heavy atom. The molecule has 1 aliphatic carbocycles. The molecule has 0 radical (unpaired) electrons. The van der Waals surface area contributed by atoms with E-state index in [1.165, 1.54) is 26.2 Å². The number of rotatable bonds is 11. The highest BCUT2D eigenvalue weighted by Crippen LogP contribution is 2.38. The molecular formula is C25H36N2O9. The van der Waals surface area contributed by atoms with E-state index < -0.39 is 40.8 Å². The highest BCUT2D eigenvalue weighted by atomic mass is 16.7. The van der Waals surface area contributed by atoms with Crippen LogP contribution >= 0.6 is 0 Å². The average molecular weight is 509 g/mol. The van der Waals surface area contributed by atoms with E-state index in [0.717, 1.165) is 13.0 Å². The molecule has 0 aromatic heterocycles. The maximum absolute atomic E-state index is 12.2. The third-order valence-electron chi connectivity index (χ3n) is 5.95. The first-order valence-electron chi connectivity index (χ1n) is 11.8. The first-order chi connectivity index (χ1) is 16.7. The van der Waals surface area contributed by atoms with E-state index in [-0.39, 0.29) is 41.2 Å². The Kier molecular flexibility index (Phi) is 9.80. The maximum atomic E-state index is 12.2. The summed E-state index contributed by atoms with van der Waals surface area (Å²) < 4.78 is 21.2. The molecule has 0 spiro atoms. The van der Waals surface area contributed by atoms with Gasteiger partial charge in [0.05, 0.1) is 23.7 Å². The summed E-state index contributed by atoms with van der Waals surface area (Å²) in [5, 5.41) is 11.8. The Morgan fingerprint density at radius 1 is 1.22 bits per heavy atom. The molecule has 2 rings (SSSR count). The van der Waals surface area contributed by atoms with Gasteiger partial charge in [0.25, 0.3) is 5.69 Å². The van der Waals surface area contributed by atoms with Crippen LogP contribution in [0.1, 0.15) is 59.1 Å². The molecule has 11 heteroatoms. The number of ether oxygens (including phenoxy) is 4. The molecule has 1 aliphatic rings. The van der Waals surface area contributed by atoms with Crippen molar-refractivity contribution < 1.29 is 38.3 Å². The summed E-state index contributed by atoms with van der Waals surface area (Å²) in [6.45, 7) is 11.3. The van der Waals surface area contributed by atoms with Gasteiger partial charge in [-0.2, -0.15) is 0 Å². The van der Waals surface area contributed by atoms with Crippen LogP contribution in [0.3, 0.4) is 0 Å². The minimum atomic E-state index is -1.51. The molecule has 0 N–H and O–H groups in total. The third-order valence-corrected chi connectivity index (χ3v) is 5.95. The van der Waals surface area contributed by atoms with Crippen LogP contribution in [0.4, 0.5) is 10.5 Å². The second kappa shape index (κ2) is 12.2. The molecule has 1 aromatic rings. The molecule has 0 aliphatic heterocycles. The Labute approximate surface area is 211 Å². The van der Waals surface area contributed by atoms with E-state index in [4.69, 9.17) is 18.9 Å². The van der Waals surface area contributed by atoms with Crippen LogP contribution < -0.4 is 9.47 Å². The van der Waals surface area contributed by atoms with Gasteiger partial charge >= 0.3 is 6.16 Å². The van der Waals surface area contributed by atoms with E-state index in [1.54, 1.807) is 6.92 Å². The number of carbonyl (C=O) groups excluding carboxylic acids is 3. The number of nitro benzene ring substituents is 1. The van der Waals surface area contributed by atoms with Crippen LogP contribution in [-0.2, 0) is 19.1 Å².